The standard InChI is InChI=1S/C14H9Br2N5OS/c15-10-4-9(12(22)11(16)5-10)7-18-21-13(19-20-14(21)23)8-2-1-3-17-6-8/h1-7,22H,(H,20,23)/b18-7-. The molecule has 6 nitrogen and oxygen atoms in total. The molecule has 0 radical (unpaired) electrons. The zero-order valence-corrected chi connectivity index (χ0v) is 15.4. The molecule has 0 fully saturated rings. The maximum absolute atomic E-state index is 10.1. The molecule has 9 heteroatoms. The number of pyridine rings is 1. The molecule has 2 N–H and O–H groups in total. The normalized spacial score (nSPS) is 11.2. The molecule has 0 aliphatic heterocycles. The number of halogens is 2. The lowest BCUT2D eigenvalue weighted by atomic mass is 10.2. The van der Waals surface area contributed by atoms with E-state index in [-0.39, 0.29) is 5.75 Å². The maximum Gasteiger partial charge on any atom is 0.216 e. The van der Waals surface area contributed by atoms with E-state index in [0.717, 1.165) is 10.0 Å². The fourth-order valence-corrected chi connectivity index (χ4v) is 3.32. The molecular formula is C14H9Br2N5OS. The number of aromatic amines is 1. The predicted molar refractivity (Wildman–Crippen MR) is 97.1 cm³/mol. The lowest BCUT2D eigenvalue weighted by Crippen LogP contribution is -1.95. The van der Waals surface area contributed by atoms with Crippen molar-refractivity contribution in [3.05, 3.63) is 55.9 Å². The van der Waals surface area contributed by atoms with Crippen LogP contribution in [0.5, 0.6) is 5.75 Å². The van der Waals surface area contributed by atoms with E-state index in [1.165, 1.54) is 10.9 Å². The van der Waals surface area contributed by atoms with Gasteiger partial charge in [0.15, 0.2) is 5.82 Å². The van der Waals surface area contributed by atoms with E-state index < -0.39 is 0 Å². The van der Waals surface area contributed by atoms with E-state index in [2.05, 4.69) is 52.1 Å². The molecule has 0 atom stereocenters. The van der Waals surface area contributed by atoms with Gasteiger partial charge < -0.3 is 5.11 Å². The molecule has 0 bridgehead atoms. The molecule has 0 saturated carbocycles. The number of hydrogen-bond donors (Lipinski definition) is 2. The average Bonchev–Trinajstić information content (AvgIpc) is 2.91. The third-order valence-corrected chi connectivity index (χ3v) is 4.27. The minimum atomic E-state index is 0.0925. The Morgan fingerprint density at radius 2 is 2.17 bits per heavy atom. The molecule has 23 heavy (non-hydrogen) atoms. The van der Waals surface area contributed by atoms with Gasteiger partial charge in [-0.05, 0) is 52.4 Å². The summed E-state index contributed by atoms with van der Waals surface area (Å²) in [6, 6.07) is 7.16. The Balaban J connectivity index is 2.05. The SMILES string of the molecule is Oc1c(Br)cc(Br)cc1/C=N\n1c(-c2cccnc2)n[nH]c1=S. The number of nitrogens with one attached hydrogen (secondary N) is 1. The van der Waals surface area contributed by atoms with Crippen molar-refractivity contribution in [2.75, 3.05) is 0 Å². The second-order valence-electron chi connectivity index (χ2n) is 4.48. The van der Waals surface area contributed by atoms with Crippen molar-refractivity contribution in [2.24, 2.45) is 5.10 Å². The molecule has 0 spiro atoms. The maximum atomic E-state index is 10.1. The Bertz CT molecular complexity index is 936. The number of hydrogen-bond acceptors (Lipinski definition) is 5. The molecule has 0 aliphatic rings. The predicted octanol–water partition coefficient (Wildman–Crippen LogP) is 4.12. The Morgan fingerprint density at radius 3 is 2.91 bits per heavy atom. The van der Waals surface area contributed by atoms with E-state index in [4.69, 9.17) is 12.2 Å². The molecule has 0 saturated heterocycles. The average molecular weight is 455 g/mol. The summed E-state index contributed by atoms with van der Waals surface area (Å²) in [6.45, 7) is 0. The number of aromatic nitrogens is 4. The summed E-state index contributed by atoms with van der Waals surface area (Å²) >= 11 is 11.9. The first-order valence-corrected chi connectivity index (χ1v) is 8.36. The lowest BCUT2D eigenvalue weighted by Gasteiger charge is -2.03. The number of rotatable bonds is 3. The largest absolute Gasteiger partial charge is 0.506 e. The number of aromatic hydroxyl groups is 1. The molecule has 116 valence electrons. The van der Waals surface area contributed by atoms with Crippen molar-refractivity contribution in [1.82, 2.24) is 19.9 Å². The Morgan fingerprint density at radius 1 is 1.35 bits per heavy atom. The molecule has 0 unspecified atom stereocenters. The summed E-state index contributed by atoms with van der Waals surface area (Å²) in [6.07, 6.45) is 4.86. The number of benzene rings is 1. The van der Waals surface area contributed by atoms with Crippen LogP contribution in [-0.2, 0) is 0 Å². The van der Waals surface area contributed by atoms with E-state index in [9.17, 15) is 5.11 Å². The summed E-state index contributed by atoms with van der Waals surface area (Å²) in [7, 11) is 0. The summed E-state index contributed by atoms with van der Waals surface area (Å²) in [5.74, 6) is 0.628. The van der Waals surface area contributed by atoms with Gasteiger partial charge in [-0.15, -0.1) is 0 Å². The van der Waals surface area contributed by atoms with E-state index >= 15 is 0 Å². The molecule has 2 aromatic heterocycles. The fourth-order valence-electron chi connectivity index (χ4n) is 1.88. The van der Waals surface area contributed by atoms with Gasteiger partial charge in [-0.25, -0.2) is 5.10 Å². The van der Waals surface area contributed by atoms with Gasteiger partial charge in [-0.3, -0.25) is 4.98 Å². The van der Waals surface area contributed by atoms with E-state index in [1.807, 2.05) is 6.07 Å². The van der Waals surface area contributed by atoms with Crippen LogP contribution >= 0.6 is 44.1 Å². The minimum Gasteiger partial charge on any atom is -0.506 e. The first-order chi connectivity index (χ1) is 11.1. The second kappa shape index (κ2) is 6.73. The van der Waals surface area contributed by atoms with Crippen LogP contribution in [0.3, 0.4) is 0 Å². The monoisotopic (exact) mass is 453 g/mol. The topological polar surface area (TPSA) is 79.1 Å². The molecule has 3 rings (SSSR count). The van der Waals surface area contributed by atoms with Crippen LogP contribution in [0.2, 0.25) is 0 Å². The van der Waals surface area contributed by atoms with E-state index in [0.29, 0.717) is 20.6 Å². The highest BCUT2D eigenvalue weighted by Crippen LogP contribution is 2.30. The zero-order valence-electron chi connectivity index (χ0n) is 11.4. The second-order valence-corrected chi connectivity index (χ2v) is 6.63. The summed E-state index contributed by atoms with van der Waals surface area (Å²) in [5, 5.41) is 21.3. The summed E-state index contributed by atoms with van der Waals surface area (Å²) < 4.78 is 3.19. The van der Waals surface area contributed by atoms with Crippen LogP contribution < -0.4 is 0 Å². The van der Waals surface area contributed by atoms with Crippen LogP contribution in [0.1, 0.15) is 5.56 Å². The van der Waals surface area contributed by atoms with Crippen molar-refractivity contribution in [3.8, 4) is 17.1 Å². The minimum absolute atomic E-state index is 0.0925. The first kappa shape index (κ1) is 16.0. The van der Waals surface area contributed by atoms with Crippen molar-refractivity contribution >= 4 is 50.3 Å². The highest BCUT2D eigenvalue weighted by molar-refractivity contribution is 9.11. The summed E-state index contributed by atoms with van der Waals surface area (Å²) in [5.41, 5.74) is 1.31. The van der Waals surface area contributed by atoms with Gasteiger partial charge in [-0.2, -0.15) is 14.9 Å². The van der Waals surface area contributed by atoms with Gasteiger partial charge in [0.05, 0.1) is 10.7 Å². The molecule has 1 aromatic carbocycles. The van der Waals surface area contributed by atoms with Crippen molar-refractivity contribution in [2.45, 2.75) is 0 Å². The number of nitrogens with zero attached hydrogens (tertiary/aromatic N) is 4. The number of phenols is 1. The van der Waals surface area contributed by atoms with E-state index in [1.54, 1.807) is 30.6 Å². The van der Waals surface area contributed by atoms with Crippen LogP contribution in [0.15, 0.2) is 50.7 Å². The fraction of sp³-hybridized carbons (Fsp3) is 0. The highest BCUT2D eigenvalue weighted by Gasteiger charge is 2.09. The lowest BCUT2D eigenvalue weighted by molar-refractivity contribution is 0.471. The van der Waals surface area contributed by atoms with Gasteiger partial charge in [0.2, 0.25) is 4.77 Å². The smallest absolute Gasteiger partial charge is 0.216 e. The first-order valence-electron chi connectivity index (χ1n) is 6.36. The molecule has 3 aromatic rings. The Hall–Kier alpha value is -1.84. The summed E-state index contributed by atoms with van der Waals surface area (Å²) in [4.78, 5) is 4.06. The van der Waals surface area contributed by atoms with Crippen molar-refractivity contribution in [1.29, 1.82) is 0 Å². The van der Waals surface area contributed by atoms with Gasteiger partial charge in [0, 0.05) is 28.0 Å². The van der Waals surface area contributed by atoms with Crippen LogP contribution in [0, 0.1) is 4.77 Å². The quantitative estimate of drug-likeness (QED) is 0.461. The van der Waals surface area contributed by atoms with Crippen molar-refractivity contribution in [3.63, 3.8) is 0 Å². The Kier molecular flexibility index (Phi) is 4.69. The van der Waals surface area contributed by atoms with Gasteiger partial charge in [0.25, 0.3) is 0 Å². The molecular weight excluding hydrogens is 446 g/mol. The van der Waals surface area contributed by atoms with Crippen LogP contribution in [-0.4, -0.2) is 31.2 Å². The van der Waals surface area contributed by atoms with Crippen molar-refractivity contribution < 1.29 is 5.11 Å². The molecule has 0 aliphatic carbocycles. The van der Waals surface area contributed by atoms with Gasteiger partial charge >= 0.3 is 0 Å². The molecule has 0 amide bonds. The third kappa shape index (κ3) is 3.41. The number of phenolic OH excluding ortho intramolecular Hbond substituents is 1. The highest BCUT2D eigenvalue weighted by atomic mass is 79.9. The Labute approximate surface area is 153 Å². The van der Waals surface area contributed by atoms with Crippen LogP contribution in [0.4, 0.5) is 0 Å². The zero-order chi connectivity index (χ0) is 16.4. The van der Waals surface area contributed by atoms with Gasteiger partial charge in [-0.1, -0.05) is 15.9 Å². The third-order valence-electron chi connectivity index (χ3n) is 2.94. The van der Waals surface area contributed by atoms with Gasteiger partial charge in [0.1, 0.15) is 5.75 Å². The molecule has 2 heterocycles. The number of H-pyrrole nitrogens is 1. The van der Waals surface area contributed by atoms with Crippen LogP contribution in [0.25, 0.3) is 11.4 Å².